The Morgan fingerprint density at radius 1 is 1.41 bits per heavy atom. The molecular formula is C18H25NO2S. The molecular weight excluding hydrogens is 294 g/mol. The number of rotatable bonds is 3. The van der Waals surface area contributed by atoms with Gasteiger partial charge in [0.05, 0.1) is 12.2 Å². The third-order valence-electron chi connectivity index (χ3n) is 6.40. The highest BCUT2D eigenvalue weighted by Gasteiger charge is 2.56. The molecule has 3 aliphatic rings. The first-order valence-electron chi connectivity index (χ1n) is 8.73. The smallest absolute Gasteiger partial charge is 0.255 e. The van der Waals surface area contributed by atoms with E-state index in [0.29, 0.717) is 6.04 Å². The summed E-state index contributed by atoms with van der Waals surface area (Å²) in [5.41, 5.74) is 2.26. The van der Waals surface area contributed by atoms with Crippen LogP contribution >= 0.6 is 11.3 Å². The maximum atomic E-state index is 13.2. The molecule has 120 valence electrons. The van der Waals surface area contributed by atoms with Crippen molar-refractivity contribution >= 4 is 17.2 Å². The summed E-state index contributed by atoms with van der Waals surface area (Å²) in [4.78, 5) is 16.8. The number of fused-ring (bicyclic) bond motifs is 3. The van der Waals surface area contributed by atoms with Crippen molar-refractivity contribution in [3.63, 3.8) is 0 Å². The molecule has 1 aromatic rings. The summed E-state index contributed by atoms with van der Waals surface area (Å²) >= 11 is 1.78. The number of carbonyl (C=O) groups excluding carboxylic acids is 1. The molecule has 1 aliphatic carbocycles. The number of carbonyl (C=O) groups is 1. The number of hydrogen-bond acceptors (Lipinski definition) is 3. The maximum absolute atomic E-state index is 13.2. The van der Waals surface area contributed by atoms with Crippen LogP contribution < -0.4 is 0 Å². The van der Waals surface area contributed by atoms with Crippen molar-refractivity contribution < 1.29 is 9.90 Å². The van der Waals surface area contributed by atoms with Crippen LogP contribution in [-0.2, 0) is 12.8 Å². The number of aliphatic hydroxyl groups is 1. The quantitative estimate of drug-likeness (QED) is 0.927. The Labute approximate surface area is 136 Å². The van der Waals surface area contributed by atoms with Crippen LogP contribution in [0.25, 0.3) is 0 Å². The van der Waals surface area contributed by atoms with E-state index in [1.807, 2.05) is 0 Å². The van der Waals surface area contributed by atoms with Crippen molar-refractivity contribution in [2.24, 2.45) is 5.41 Å². The number of amides is 1. The van der Waals surface area contributed by atoms with Crippen LogP contribution in [0.15, 0.2) is 5.38 Å². The Morgan fingerprint density at radius 2 is 2.23 bits per heavy atom. The highest BCUT2D eigenvalue weighted by atomic mass is 32.1. The van der Waals surface area contributed by atoms with E-state index in [1.165, 1.54) is 23.3 Å². The Bertz CT molecular complexity index is 590. The topological polar surface area (TPSA) is 40.5 Å². The predicted molar refractivity (Wildman–Crippen MR) is 88.4 cm³/mol. The highest BCUT2D eigenvalue weighted by Crippen LogP contribution is 2.52. The Kier molecular flexibility index (Phi) is 3.57. The summed E-state index contributed by atoms with van der Waals surface area (Å²) in [7, 11) is 0. The summed E-state index contributed by atoms with van der Waals surface area (Å²) in [5, 5.41) is 12.0. The van der Waals surface area contributed by atoms with Crippen molar-refractivity contribution in [2.45, 2.75) is 70.4 Å². The standard InChI is InChI=1S/C18H25NO2S/c1-2-18(11-20)9-12-7-8-16(18)19(12)17(21)14-10-22-15-6-4-3-5-13(14)15/h10,12,16,20H,2-9,11H2,1H3/t12-,16+,18-/m0/s1. The molecule has 4 heteroatoms. The molecule has 22 heavy (non-hydrogen) atoms. The minimum absolute atomic E-state index is 0.0470. The lowest BCUT2D eigenvalue weighted by Gasteiger charge is -2.34. The van der Waals surface area contributed by atoms with Crippen LogP contribution in [0.2, 0.25) is 0 Å². The van der Waals surface area contributed by atoms with E-state index in [9.17, 15) is 9.90 Å². The van der Waals surface area contributed by atoms with Gasteiger partial charge in [0.15, 0.2) is 0 Å². The average molecular weight is 319 g/mol. The monoisotopic (exact) mass is 319 g/mol. The van der Waals surface area contributed by atoms with Crippen LogP contribution in [0.3, 0.4) is 0 Å². The zero-order valence-electron chi connectivity index (χ0n) is 13.3. The van der Waals surface area contributed by atoms with Crippen LogP contribution in [0.4, 0.5) is 0 Å². The second-order valence-corrected chi connectivity index (χ2v) is 8.26. The molecule has 4 rings (SSSR count). The molecule has 1 amide bonds. The first-order valence-corrected chi connectivity index (χ1v) is 9.61. The Balaban J connectivity index is 1.65. The zero-order valence-corrected chi connectivity index (χ0v) is 14.1. The van der Waals surface area contributed by atoms with Gasteiger partial charge in [0.1, 0.15) is 0 Å². The molecule has 2 fully saturated rings. The van der Waals surface area contributed by atoms with E-state index in [1.54, 1.807) is 11.3 Å². The Hall–Kier alpha value is -0.870. The summed E-state index contributed by atoms with van der Waals surface area (Å²) in [6.07, 6.45) is 8.84. The van der Waals surface area contributed by atoms with Crippen molar-refractivity contribution in [2.75, 3.05) is 6.61 Å². The fourth-order valence-corrected chi connectivity index (χ4v) is 6.19. The lowest BCUT2D eigenvalue weighted by Crippen LogP contribution is -2.42. The van der Waals surface area contributed by atoms with Gasteiger partial charge in [0, 0.05) is 27.8 Å². The van der Waals surface area contributed by atoms with Crippen LogP contribution in [0.1, 0.15) is 66.2 Å². The minimum atomic E-state index is -0.0470. The zero-order chi connectivity index (χ0) is 15.3. The van der Waals surface area contributed by atoms with Gasteiger partial charge in [-0.25, -0.2) is 0 Å². The summed E-state index contributed by atoms with van der Waals surface area (Å²) in [5.74, 6) is 0.246. The lowest BCUT2D eigenvalue weighted by molar-refractivity contribution is 0.0556. The SMILES string of the molecule is CC[C@@]1(CO)C[C@@H]2CC[C@H]1N2C(=O)c1csc2c1CCCC2. The normalized spacial score (nSPS) is 33.3. The number of hydrogen-bond donors (Lipinski definition) is 1. The molecule has 0 aromatic carbocycles. The van der Waals surface area contributed by atoms with Crippen molar-refractivity contribution in [1.29, 1.82) is 0 Å². The largest absolute Gasteiger partial charge is 0.396 e. The highest BCUT2D eigenvalue weighted by molar-refractivity contribution is 7.10. The van der Waals surface area contributed by atoms with Crippen LogP contribution in [0.5, 0.6) is 0 Å². The van der Waals surface area contributed by atoms with Crippen LogP contribution in [0, 0.1) is 5.41 Å². The molecule has 0 unspecified atom stereocenters. The van der Waals surface area contributed by atoms with E-state index in [-0.39, 0.29) is 24.0 Å². The second kappa shape index (κ2) is 5.34. The predicted octanol–water partition coefficient (Wildman–Crippen LogP) is 3.39. The number of aliphatic hydroxyl groups excluding tert-OH is 1. The van der Waals surface area contributed by atoms with E-state index >= 15 is 0 Å². The van der Waals surface area contributed by atoms with Gasteiger partial charge in [-0.2, -0.15) is 0 Å². The molecule has 3 heterocycles. The molecule has 3 atom stereocenters. The molecule has 2 saturated heterocycles. The lowest BCUT2D eigenvalue weighted by atomic mass is 9.72. The van der Waals surface area contributed by atoms with Crippen molar-refractivity contribution in [3.05, 3.63) is 21.4 Å². The van der Waals surface area contributed by atoms with Crippen molar-refractivity contribution in [3.8, 4) is 0 Å². The molecule has 2 aliphatic heterocycles. The molecule has 1 aromatic heterocycles. The summed E-state index contributed by atoms with van der Waals surface area (Å²) < 4.78 is 0. The van der Waals surface area contributed by atoms with Gasteiger partial charge in [-0.1, -0.05) is 6.92 Å². The van der Waals surface area contributed by atoms with Gasteiger partial charge >= 0.3 is 0 Å². The fraction of sp³-hybridized carbons (Fsp3) is 0.722. The number of thiophene rings is 1. The summed E-state index contributed by atoms with van der Waals surface area (Å²) in [6, 6.07) is 0.600. The molecule has 0 saturated carbocycles. The number of nitrogens with zero attached hydrogens (tertiary/aromatic N) is 1. The van der Waals surface area contributed by atoms with Gasteiger partial charge in [-0.05, 0) is 56.9 Å². The molecule has 0 radical (unpaired) electrons. The van der Waals surface area contributed by atoms with Gasteiger partial charge in [-0.15, -0.1) is 11.3 Å². The summed E-state index contributed by atoms with van der Waals surface area (Å²) in [6.45, 7) is 2.38. The van der Waals surface area contributed by atoms with Gasteiger partial charge in [-0.3, -0.25) is 4.79 Å². The van der Waals surface area contributed by atoms with Crippen molar-refractivity contribution in [1.82, 2.24) is 4.90 Å². The van der Waals surface area contributed by atoms with Crippen LogP contribution in [-0.4, -0.2) is 34.6 Å². The minimum Gasteiger partial charge on any atom is -0.396 e. The fourth-order valence-electron chi connectivity index (χ4n) is 5.07. The van der Waals surface area contributed by atoms with E-state index < -0.39 is 0 Å². The molecule has 0 spiro atoms. The number of aryl methyl sites for hydroxylation is 1. The van der Waals surface area contributed by atoms with E-state index in [0.717, 1.165) is 44.1 Å². The van der Waals surface area contributed by atoms with E-state index in [2.05, 4.69) is 17.2 Å². The second-order valence-electron chi connectivity index (χ2n) is 7.30. The van der Waals surface area contributed by atoms with Gasteiger partial charge in [0.2, 0.25) is 0 Å². The first-order chi connectivity index (χ1) is 10.7. The molecule has 1 N–H and O–H groups in total. The first kappa shape index (κ1) is 14.7. The van der Waals surface area contributed by atoms with Gasteiger partial charge < -0.3 is 10.0 Å². The molecule has 2 bridgehead atoms. The van der Waals surface area contributed by atoms with E-state index in [4.69, 9.17) is 0 Å². The maximum Gasteiger partial charge on any atom is 0.255 e. The van der Waals surface area contributed by atoms with Gasteiger partial charge in [0.25, 0.3) is 5.91 Å². The third-order valence-corrected chi connectivity index (χ3v) is 7.49. The molecule has 3 nitrogen and oxygen atoms in total. The average Bonchev–Trinajstić information content (AvgIpc) is 3.25. The Morgan fingerprint density at radius 3 is 2.95 bits per heavy atom. The third kappa shape index (κ3) is 1.93.